The molecule has 0 aliphatic heterocycles. The molecule has 192 valence electrons. The molecule has 9 nitrogen and oxygen atoms in total. The predicted molar refractivity (Wildman–Crippen MR) is 138 cm³/mol. The summed E-state index contributed by atoms with van der Waals surface area (Å²) in [7, 11) is -4.21. The minimum Gasteiger partial charge on any atom is -0.472 e. The number of hydrogen-bond acceptors (Lipinski definition) is 8. The van der Waals surface area contributed by atoms with Gasteiger partial charge in [0.1, 0.15) is 11.5 Å². The highest BCUT2D eigenvalue weighted by Crippen LogP contribution is 2.35. The number of furan rings is 1. The Morgan fingerprint density at radius 1 is 1.00 bits per heavy atom. The molecule has 0 atom stereocenters. The van der Waals surface area contributed by atoms with Crippen molar-refractivity contribution >= 4 is 27.7 Å². The molecular weight excluding hydrogens is 514 g/mol. The molecule has 0 radical (unpaired) electrons. The Morgan fingerprint density at radius 2 is 1.62 bits per heavy atom. The zero-order valence-electron chi connectivity index (χ0n) is 20.1. The third-order valence-corrected chi connectivity index (χ3v) is 7.65. The lowest BCUT2D eigenvalue weighted by atomic mass is 10.1. The van der Waals surface area contributed by atoms with Gasteiger partial charge in [0.05, 0.1) is 17.4 Å². The topological polar surface area (TPSA) is 122 Å². The summed E-state index contributed by atoms with van der Waals surface area (Å²) < 4.78 is 35.7. The first-order chi connectivity index (χ1) is 17.6. The summed E-state index contributed by atoms with van der Waals surface area (Å²) in [4.78, 5) is 19.1. The molecule has 0 bridgehead atoms. The van der Waals surface area contributed by atoms with E-state index in [9.17, 15) is 18.4 Å². The second-order valence-corrected chi connectivity index (χ2v) is 12.1. The van der Waals surface area contributed by atoms with Crippen LogP contribution in [0.4, 0.5) is 0 Å². The number of hydroxylamine groups is 1. The number of benzene rings is 2. The number of rotatable bonds is 10. The first-order valence-electron chi connectivity index (χ1n) is 11.2. The quantitative estimate of drug-likeness (QED) is 0.154. The Hall–Kier alpha value is -3.64. The number of carbonyl (C=O) groups is 1. The molecule has 0 aliphatic carbocycles. The molecule has 0 aliphatic rings. The molecule has 1 amide bonds. The highest BCUT2D eigenvalue weighted by Gasteiger charge is 2.28. The van der Waals surface area contributed by atoms with Crippen LogP contribution in [-0.4, -0.2) is 34.4 Å². The smallest absolute Gasteiger partial charge is 0.263 e. The molecule has 0 unspecified atom stereocenters. The molecule has 11 heteroatoms. The standard InChI is InChI=1S/C26H25N3O6S2/c1-26(2,36-23-11-14-27-15-12-23)17-25(30)29(31)28-37(32,33)24-9-7-22(8-10-24)35-21-5-3-19(4-6-21)20-13-16-34-18-20/h3-16,18,28,31H,17H2,1-2H3. The Bertz CT molecular complexity index is 1420. The molecule has 0 saturated heterocycles. The second kappa shape index (κ2) is 11.2. The van der Waals surface area contributed by atoms with E-state index in [0.717, 1.165) is 16.0 Å². The summed E-state index contributed by atoms with van der Waals surface area (Å²) in [5, 5.41) is 10.1. The van der Waals surface area contributed by atoms with Gasteiger partial charge < -0.3 is 9.15 Å². The summed E-state index contributed by atoms with van der Waals surface area (Å²) in [6.07, 6.45) is 6.40. The van der Waals surface area contributed by atoms with E-state index in [1.165, 1.54) is 36.0 Å². The van der Waals surface area contributed by atoms with Crippen LogP contribution in [0.1, 0.15) is 20.3 Å². The number of sulfonamides is 1. The second-order valence-electron chi connectivity index (χ2n) is 8.63. The van der Waals surface area contributed by atoms with Gasteiger partial charge in [-0.1, -0.05) is 17.0 Å². The zero-order chi connectivity index (χ0) is 26.5. The average Bonchev–Trinajstić information content (AvgIpc) is 3.40. The number of nitrogens with zero attached hydrogens (tertiary/aromatic N) is 2. The largest absolute Gasteiger partial charge is 0.472 e. The number of aromatic nitrogens is 1. The SMILES string of the molecule is CC(C)(CC(=O)N(O)NS(=O)(=O)c1ccc(Oc2ccc(-c3ccoc3)cc2)cc1)Sc1ccncc1. The fraction of sp³-hybridized carbons (Fsp3) is 0.154. The van der Waals surface area contributed by atoms with Gasteiger partial charge in [0, 0.05) is 34.0 Å². The highest BCUT2D eigenvalue weighted by molar-refractivity contribution is 8.00. The Labute approximate surface area is 219 Å². The van der Waals surface area contributed by atoms with Gasteiger partial charge in [-0.05, 0) is 74.0 Å². The van der Waals surface area contributed by atoms with E-state index in [-0.39, 0.29) is 16.5 Å². The van der Waals surface area contributed by atoms with Crippen LogP contribution in [0.15, 0.2) is 106 Å². The molecule has 2 aromatic heterocycles. The van der Waals surface area contributed by atoms with Crippen molar-refractivity contribution < 1.29 is 27.6 Å². The summed E-state index contributed by atoms with van der Waals surface area (Å²) in [5.41, 5.74) is 1.91. The van der Waals surface area contributed by atoms with Gasteiger partial charge in [0.2, 0.25) is 0 Å². The van der Waals surface area contributed by atoms with Crippen molar-refractivity contribution in [2.24, 2.45) is 0 Å². The molecule has 0 saturated carbocycles. The van der Waals surface area contributed by atoms with Crippen LogP contribution >= 0.6 is 11.8 Å². The van der Waals surface area contributed by atoms with Crippen molar-refractivity contribution in [1.29, 1.82) is 0 Å². The maximum Gasteiger partial charge on any atom is 0.263 e. The van der Waals surface area contributed by atoms with E-state index in [4.69, 9.17) is 9.15 Å². The number of thioether (sulfide) groups is 1. The number of nitrogens with one attached hydrogen (secondary N) is 1. The van der Waals surface area contributed by atoms with Crippen LogP contribution in [-0.2, 0) is 14.8 Å². The third kappa shape index (κ3) is 7.20. The first-order valence-corrected chi connectivity index (χ1v) is 13.5. The lowest BCUT2D eigenvalue weighted by molar-refractivity contribution is -0.172. The van der Waals surface area contributed by atoms with Gasteiger partial charge in [-0.25, -0.2) is 8.42 Å². The fourth-order valence-electron chi connectivity index (χ4n) is 3.38. The van der Waals surface area contributed by atoms with Crippen LogP contribution in [0.2, 0.25) is 0 Å². The molecule has 37 heavy (non-hydrogen) atoms. The molecule has 0 spiro atoms. The first kappa shape index (κ1) is 26.4. The minimum absolute atomic E-state index is 0.0101. The molecular formula is C26H25N3O6S2. The summed E-state index contributed by atoms with van der Waals surface area (Å²) in [6.45, 7) is 3.64. The Kier molecular flexibility index (Phi) is 7.98. The van der Waals surface area contributed by atoms with Crippen LogP contribution in [0, 0.1) is 0 Å². The summed E-state index contributed by atoms with van der Waals surface area (Å²) in [6, 6.07) is 18.4. The molecule has 2 heterocycles. The lowest BCUT2D eigenvalue weighted by Crippen LogP contribution is -2.45. The van der Waals surface area contributed by atoms with Gasteiger partial charge in [-0.15, -0.1) is 16.9 Å². The number of pyridine rings is 1. The third-order valence-electron chi connectivity index (χ3n) is 5.14. The van der Waals surface area contributed by atoms with E-state index in [1.807, 2.05) is 36.9 Å². The monoisotopic (exact) mass is 539 g/mol. The number of hydrazine groups is 1. The normalized spacial score (nSPS) is 11.8. The number of amides is 1. The molecule has 2 aromatic carbocycles. The van der Waals surface area contributed by atoms with Gasteiger partial charge in [0.15, 0.2) is 0 Å². The summed E-state index contributed by atoms with van der Waals surface area (Å²) in [5.74, 6) is 0.191. The lowest BCUT2D eigenvalue weighted by Gasteiger charge is -2.25. The fourth-order valence-corrected chi connectivity index (χ4v) is 5.41. The Balaban J connectivity index is 1.34. The Morgan fingerprint density at radius 3 is 2.22 bits per heavy atom. The molecule has 2 N–H and O–H groups in total. The minimum atomic E-state index is -4.21. The maximum absolute atomic E-state index is 12.7. The van der Waals surface area contributed by atoms with Crippen molar-refractivity contribution in [3.8, 4) is 22.6 Å². The van der Waals surface area contributed by atoms with Gasteiger partial charge in [0.25, 0.3) is 15.9 Å². The van der Waals surface area contributed by atoms with Crippen molar-refractivity contribution in [3.05, 3.63) is 91.7 Å². The van der Waals surface area contributed by atoms with Gasteiger partial charge in [-0.3, -0.25) is 15.0 Å². The highest BCUT2D eigenvalue weighted by atomic mass is 32.2. The maximum atomic E-state index is 12.7. The van der Waals surface area contributed by atoms with Crippen LogP contribution in [0.5, 0.6) is 11.5 Å². The van der Waals surface area contributed by atoms with Crippen molar-refractivity contribution in [2.45, 2.75) is 34.8 Å². The van der Waals surface area contributed by atoms with Crippen molar-refractivity contribution in [1.82, 2.24) is 15.0 Å². The molecule has 0 fully saturated rings. The molecule has 4 aromatic rings. The predicted octanol–water partition coefficient (Wildman–Crippen LogP) is 5.51. The van der Waals surface area contributed by atoms with Gasteiger partial charge >= 0.3 is 0 Å². The van der Waals surface area contributed by atoms with Gasteiger partial charge in [-0.2, -0.15) is 0 Å². The van der Waals surface area contributed by atoms with E-state index in [0.29, 0.717) is 11.5 Å². The van der Waals surface area contributed by atoms with Crippen LogP contribution in [0.25, 0.3) is 11.1 Å². The van der Waals surface area contributed by atoms with Crippen LogP contribution < -0.4 is 9.57 Å². The number of carbonyl (C=O) groups excluding carboxylic acids is 1. The van der Waals surface area contributed by atoms with E-state index in [1.54, 1.807) is 49.2 Å². The van der Waals surface area contributed by atoms with E-state index in [2.05, 4.69) is 4.98 Å². The van der Waals surface area contributed by atoms with Crippen molar-refractivity contribution in [3.63, 3.8) is 0 Å². The zero-order valence-corrected chi connectivity index (χ0v) is 21.7. The van der Waals surface area contributed by atoms with E-state index < -0.39 is 20.7 Å². The number of hydrogen-bond donors (Lipinski definition) is 2. The van der Waals surface area contributed by atoms with Crippen LogP contribution in [0.3, 0.4) is 0 Å². The number of ether oxygens (including phenoxy) is 1. The summed E-state index contributed by atoms with van der Waals surface area (Å²) >= 11 is 1.41. The van der Waals surface area contributed by atoms with E-state index >= 15 is 0 Å². The molecule has 4 rings (SSSR count). The van der Waals surface area contributed by atoms with Crippen molar-refractivity contribution in [2.75, 3.05) is 0 Å². The average molecular weight is 540 g/mol.